The lowest BCUT2D eigenvalue weighted by Crippen LogP contribution is -2.62. The van der Waals surface area contributed by atoms with Gasteiger partial charge in [-0.05, 0) is 23.3 Å². The van der Waals surface area contributed by atoms with Crippen LogP contribution in [0.5, 0.6) is 5.75 Å². The standard InChI is InChI=1S/C28H30O7/c1-20(29)33-25-24(19-31-17-21-11-5-2-6-12-21)35-28(30)27(32-18-22-13-7-3-8-14-22)26(25)34-23-15-9-4-10-16-23/h2-16,24-28,30H,17-19H2,1H3/t24-,25+,26+,27-,28+/m1/s1. The lowest BCUT2D eigenvalue weighted by atomic mass is 9.98. The Morgan fingerprint density at radius 1 is 0.800 bits per heavy atom. The minimum Gasteiger partial charge on any atom is -0.483 e. The molecule has 35 heavy (non-hydrogen) atoms. The summed E-state index contributed by atoms with van der Waals surface area (Å²) in [5.74, 6) is 0.0625. The van der Waals surface area contributed by atoms with Gasteiger partial charge in [-0.25, -0.2) is 0 Å². The predicted molar refractivity (Wildman–Crippen MR) is 128 cm³/mol. The number of carbonyl (C=O) groups excluding carboxylic acids is 1. The molecule has 7 heteroatoms. The number of hydrogen-bond acceptors (Lipinski definition) is 7. The summed E-state index contributed by atoms with van der Waals surface area (Å²) in [6.07, 6.45) is -4.69. The molecular formula is C28H30O7. The number of rotatable bonds is 10. The van der Waals surface area contributed by atoms with Crippen molar-refractivity contribution >= 4 is 5.97 Å². The number of carbonyl (C=O) groups is 1. The number of esters is 1. The summed E-state index contributed by atoms with van der Waals surface area (Å²) in [7, 11) is 0. The summed E-state index contributed by atoms with van der Waals surface area (Å²) in [5, 5.41) is 10.9. The largest absolute Gasteiger partial charge is 0.483 e. The fourth-order valence-electron chi connectivity index (χ4n) is 3.96. The molecule has 1 aliphatic rings. The van der Waals surface area contributed by atoms with Crippen LogP contribution in [-0.4, -0.2) is 48.4 Å². The van der Waals surface area contributed by atoms with Crippen LogP contribution in [0.2, 0.25) is 0 Å². The van der Waals surface area contributed by atoms with E-state index in [1.807, 2.05) is 78.9 Å². The molecule has 3 aromatic carbocycles. The van der Waals surface area contributed by atoms with Crippen molar-refractivity contribution in [2.24, 2.45) is 0 Å². The SMILES string of the molecule is CC(=O)O[C@@H]1[C@H](Oc2ccccc2)[C@@H](OCc2ccccc2)[C@@H](O)O[C@@H]1COCc1ccccc1. The van der Waals surface area contributed by atoms with Crippen LogP contribution < -0.4 is 4.74 Å². The van der Waals surface area contributed by atoms with Gasteiger partial charge in [0.25, 0.3) is 0 Å². The topological polar surface area (TPSA) is 83.5 Å². The van der Waals surface area contributed by atoms with Crippen molar-refractivity contribution in [2.75, 3.05) is 6.61 Å². The molecule has 1 aliphatic heterocycles. The summed E-state index contributed by atoms with van der Waals surface area (Å²) in [6, 6.07) is 28.4. The third-order valence-electron chi connectivity index (χ3n) is 5.61. The maximum atomic E-state index is 12.0. The maximum absolute atomic E-state index is 12.0. The van der Waals surface area contributed by atoms with Gasteiger partial charge < -0.3 is 28.8 Å². The van der Waals surface area contributed by atoms with Crippen molar-refractivity contribution in [1.29, 1.82) is 0 Å². The van der Waals surface area contributed by atoms with E-state index in [1.165, 1.54) is 6.92 Å². The monoisotopic (exact) mass is 478 g/mol. The van der Waals surface area contributed by atoms with Gasteiger partial charge in [0, 0.05) is 6.92 Å². The van der Waals surface area contributed by atoms with Gasteiger partial charge in [0.1, 0.15) is 18.0 Å². The highest BCUT2D eigenvalue weighted by Crippen LogP contribution is 2.30. The molecule has 184 valence electrons. The van der Waals surface area contributed by atoms with E-state index in [4.69, 9.17) is 23.7 Å². The molecule has 1 saturated heterocycles. The summed E-state index contributed by atoms with van der Waals surface area (Å²) in [4.78, 5) is 12.0. The smallest absolute Gasteiger partial charge is 0.303 e. The summed E-state index contributed by atoms with van der Waals surface area (Å²) < 4.78 is 29.7. The predicted octanol–water partition coefficient (Wildman–Crippen LogP) is 3.89. The molecule has 3 aromatic rings. The zero-order valence-electron chi connectivity index (χ0n) is 19.6. The van der Waals surface area contributed by atoms with E-state index in [1.54, 1.807) is 12.1 Å². The molecule has 0 spiro atoms. The van der Waals surface area contributed by atoms with Crippen LogP contribution in [0.25, 0.3) is 0 Å². The molecule has 0 amide bonds. The van der Waals surface area contributed by atoms with Gasteiger partial charge >= 0.3 is 5.97 Å². The van der Waals surface area contributed by atoms with E-state index in [2.05, 4.69) is 0 Å². The van der Waals surface area contributed by atoms with Gasteiger partial charge in [0.15, 0.2) is 18.5 Å². The average molecular weight is 479 g/mol. The Morgan fingerprint density at radius 3 is 1.97 bits per heavy atom. The molecule has 0 aliphatic carbocycles. The van der Waals surface area contributed by atoms with E-state index in [0.29, 0.717) is 12.4 Å². The average Bonchev–Trinajstić information content (AvgIpc) is 2.87. The van der Waals surface area contributed by atoms with Crippen molar-refractivity contribution in [3.8, 4) is 5.75 Å². The summed E-state index contributed by atoms with van der Waals surface area (Å²) >= 11 is 0. The Bertz CT molecular complexity index is 1030. The molecule has 1 heterocycles. The molecule has 7 nitrogen and oxygen atoms in total. The van der Waals surface area contributed by atoms with Gasteiger partial charge in [-0.2, -0.15) is 0 Å². The first-order valence-electron chi connectivity index (χ1n) is 11.6. The van der Waals surface area contributed by atoms with Crippen LogP contribution in [0, 0.1) is 0 Å². The fourth-order valence-corrected chi connectivity index (χ4v) is 3.96. The quantitative estimate of drug-likeness (QED) is 0.443. The normalized spacial score (nSPS) is 24.0. The van der Waals surface area contributed by atoms with Crippen LogP contribution in [0.4, 0.5) is 0 Å². The lowest BCUT2D eigenvalue weighted by Gasteiger charge is -2.43. The highest BCUT2D eigenvalue weighted by atomic mass is 16.7. The third-order valence-corrected chi connectivity index (χ3v) is 5.61. The van der Waals surface area contributed by atoms with E-state index in [-0.39, 0.29) is 13.2 Å². The Balaban J connectivity index is 1.53. The summed E-state index contributed by atoms with van der Waals surface area (Å²) in [6.45, 7) is 1.99. The second kappa shape index (κ2) is 12.5. The number of hydrogen-bond donors (Lipinski definition) is 1. The fraction of sp³-hybridized carbons (Fsp3) is 0.321. The van der Waals surface area contributed by atoms with E-state index < -0.39 is 36.7 Å². The molecular weight excluding hydrogens is 448 g/mol. The first-order valence-corrected chi connectivity index (χ1v) is 11.6. The van der Waals surface area contributed by atoms with Crippen LogP contribution in [0.15, 0.2) is 91.0 Å². The molecule has 0 radical (unpaired) electrons. The van der Waals surface area contributed by atoms with Crippen LogP contribution in [0.1, 0.15) is 18.1 Å². The number of ether oxygens (including phenoxy) is 5. The molecule has 0 aromatic heterocycles. The Hall–Kier alpha value is -3.23. The van der Waals surface area contributed by atoms with Crippen molar-refractivity contribution in [3.05, 3.63) is 102 Å². The molecule has 1 N–H and O–H groups in total. The van der Waals surface area contributed by atoms with Crippen LogP contribution in [-0.2, 0) is 37.0 Å². The zero-order valence-corrected chi connectivity index (χ0v) is 19.6. The second-order valence-electron chi connectivity index (χ2n) is 8.30. The molecule has 0 saturated carbocycles. The molecule has 0 unspecified atom stereocenters. The molecule has 4 rings (SSSR count). The van der Waals surface area contributed by atoms with Crippen LogP contribution >= 0.6 is 0 Å². The minimum absolute atomic E-state index is 0.0873. The van der Waals surface area contributed by atoms with Gasteiger partial charge in [-0.15, -0.1) is 0 Å². The van der Waals surface area contributed by atoms with Crippen molar-refractivity contribution in [2.45, 2.75) is 50.8 Å². The molecule has 5 atom stereocenters. The van der Waals surface area contributed by atoms with E-state index in [9.17, 15) is 9.90 Å². The van der Waals surface area contributed by atoms with E-state index >= 15 is 0 Å². The van der Waals surface area contributed by atoms with Crippen molar-refractivity contribution in [3.63, 3.8) is 0 Å². The first-order chi connectivity index (χ1) is 17.1. The molecule has 1 fully saturated rings. The number of aliphatic hydroxyl groups excluding tert-OH is 1. The van der Waals surface area contributed by atoms with Crippen molar-refractivity contribution in [1.82, 2.24) is 0 Å². The maximum Gasteiger partial charge on any atom is 0.303 e. The number of para-hydroxylation sites is 1. The Morgan fingerprint density at radius 2 is 1.37 bits per heavy atom. The Labute approximate surface area is 205 Å². The highest BCUT2D eigenvalue weighted by Gasteiger charge is 2.50. The zero-order chi connectivity index (χ0) is 24.5. The minimum atomic E-state index is -1.32. The molecule has 0 bridgehead atoms. The number of aliphatic hydroxyl groups is 1. The number of benzene rings is 3. The van der Waals surface area contributed by atoms with Crippen LogP contribution in [0.3, 0.4) is 0 Å². The van der Waals surface area contributed by atoms with Gasteiger partial charge in [-0.1, -0.05) is 78.9 Å². The lowest BCUT2D eigenvalue weighted by molar-refractivity contribution is -0.298. The van der Waals surface area contributed by atoms with E-state index in [0.717, 1.165) is 11.1 Å². The Kier molecular flexibility index (Phi) is 8.86. The second-order valence-corrected chi connectivity index (χ2v) is 8.30. The highest BCUT2D eigenvalue weighted by molar-refractivity contribution is 5.66. The van der Waals surface area contributed by atoms with Gasteiger partial charge in [0.05, 0.1) is 19.8 Å². The third kappa shape index (κ3) is 7.13. The first kappa shape index (κ1) is 24.9. The summed E-state index contributed by atoms with van der Waals surface area (Å²) in [5.41, 5.74) is 1.92. The van der Waals surface area contributed by atoms with Crippen molar-refractivity contribution < 1.29 is 33.6 Å². The van der Waals surface area contributed by atoms with Gasteiger partial charge in [0.2, 0.25) is 0 Å². The van der Waals surface area contributed by atoms with Gasteiger partial charge in [-0.3, -0.25) is 4.79 Å².